The van der Waals surface area contributed by atoms with Gasteiger partial charge in [0.05, 0.1) is 25.9 Å². The van der Waals surface area contributed by atoms with Crippen molar-refractivity contribution in [2.24, 2.45) is 0 Å². The number of rotatable bonds is 4. The highest BCUT2D eigenvalue weighted by Crippen LogP contribution is 2.21. The van der Waals surface area contributed by atoms with E-state index in [9.17, 15) is 4.79 Å². The fourth-order valence-corrected chi connectivity index (χ4v) is 2.79. The number of benzene rings is 1. The first-order valence-electron chi connectivity index (χ1n) is 7.32. The van der Waals surface area contributed by atoms with Crippen molar-refractivity contribution in [3.8, 4) is 0 Å². The predicted octanol–water partition coefficient (Wildman–Crippen LogP) is 1.24. The van der Waals surface area contributed by atoms with E-state index in [0.717, 1.165) is 23.4 Å². The summed E-state index contributed by atoms with van der Waals surface area (Å²) in [6.07, 6.45) is -0.186. The van der Waals surface area contributed by atoms with E-state index in [1.54, 1.807) is 0 Å². The number of amides is 1. The molecule has 1 fully saturated rings. The van der Waals surface area contributed by atoms with Crippen molar-refractivity contribution in [2.75, 3.05) is 38.2 Å². The Labute approximate surface area is 125 Å². The van der Waals surface area contributed by atoms with Gasteiger partial charge in [0.15, 0.2) is 0 Å². The van der Waals surface area contributed by atoms with Crippen LogP contribution in [-0.2, 0) is 9.53 Å². The molecule has 2 N–H and O–H groups in total. The number of hydrogen-bond donors (Lipinski definition) is 2. The van der Waals surface area contributed by atoms with E-state index in [1.807, 2.05) is 25.7 Å². The van der Waals surface area contributed by atoms with Crippen molar-refractivity contribution in [3.63, 3.8) is 0 Å². The molecule has 1 aromatic carbocycles. The summed E-state index contributed by atoms with van der Waals surface area (Å²) < 4.78 is 5.39. The average Bonchev–Trinajstić information content (AvgIpc) is 2.43. The van der Waals surface area contributed by atoms with Gasteiger partial charge >= 0.3 is 0 Å². The van der Waals surface area contributed by atoms with Gasteiger partial charge in [-0.3, -0.25) is 9.69 Å². The van der Waals surface area contributed by atoms with E-state index >= 15 is 0 Å². The summed E-state index contributed by atoms with van der Waals surface area (Å²) in [4.78, 5) is 14.2. The van der Waals surface area contributed by atoms with Gasteiger partial charge in [-0.15, -0.1) is 0 Å². The second kappa shape index (κ2) is 7.02. The Balaban J connectivity index is 1.96. The van der Waals surface area contributed by atoms with E-state index in [4.69, 9.17) is 9.84 Å². The molecule has 1 aromatic rings. The van der Waals surface area contributed by atoms with Crippen LogP contribution in [0, 0.1) is 20.8 Å². The minimum absolute atomic E-state index is 0.00566. The zero-order valence-corrected chi connectivity index (χ0v) is 13.0. The molecule has 1 amide bonds. The Morgan fingerprint density at radius 2 is 2.05 bits per heavy atom. The third kappa shape index (κ3) is 4.27. The topological polar surface area (TPSA) is 61.8 Å². The predicted molar refractivity (Wildman–Crippen MR) is 82.5 cm³/mol. The molecule has 5 heteroatoms. The highest BCUT2D eigenvalue weighted by Gasteiger charge is 2.21. The molecule has 1 unspecified atom stereocenters. The van der Waals surface area contributed by atoms with Crippen molar-refractivity contribution in [1.82, 2.24) is 4.90 Å². The number of carbonyl (C=O) groups is 1. The van der Waals surface area contributed by atoms with Crippen LogP contribution < -0.4 is 5.32 Å². The number of ether oxygens (including phenoxy) is 1. The molecule has 2 rings (SSSR count). The summed E-state index contributed by atoms with van der Waals surface area (Å²) in [6.45, 7) is 8.25. The van der Waals surface area contributed by atoms with Gasteiger partial charge in [-0.2, -0.15) is 0 Å². The highest BCUT2D eigenvalue weighted by atomic mass is 16.5. The van der Waals surface area contributed by atoms with Gasteiger partial charge in [-0.25, -0.2) is 0 Å². The Bertz CT molecular complexity index is 493. The number of aliphatic hydroxyl groups excluding tert-OH is 1. The molecule has 0 bridgehead atoms. The van der Waals surface area contributed by atoms with Gasteiger partial charge in [0, 0.05) is 18.8 Å². The maximum absolute atomic E-state index is 12.2. The third-order valence-corrected chi connectivity index (χ3v) is 3.74. The van der Waals surface area contributed by atoms with Crippen LogP contribution in [0.5, 0.6) is 0 Å². The first-order chi connectivity index (χ1) is 9.99. The molecule has 1 aliphatic rings. The van der Waals surface area contributed by atoms with E-state index in [-0.39, 0.29) is 18.6 Å². The van der Waals surface area contributed by atoms with Gasteiger partial charge in [-0.1, -0.05) is 17.7 Å². The van der Waals surface area contributed by atoms with E-state index in [2.05, 4.69) is 17.4 Å². The number of morpholine rings is 1. The molecular weight excluding hydrogens is 268 g/mol. The Morgan fingerprint density at radius 3 is 2.67 bits per heavy atom. The smallest absolute Gasteiger partial charge is 0.238 e. The largest absolute Gasteiger partial charge is 0.394 e. The number of nitrogens with one attached hydrogen (secondary N) is 1. The van der Waals surface area contributed by atoms with Crippen LogP contribution in [0.15, 0.2) is 12.1 Å². The highest BCUT2D eigenvalue weighted by molar-refractivity contribution is 5.93. The van der Waals surface area contributed by atoms with Gasteiger partial charge in [0.1, 0.15) is 0 Å². The van der Waals surface area contributed by atoms with Crippen LogP contribution in [0.1, 0.15) is 16.7 Å². The van der Waals surface area contributed by atoms with Crippen LogP contribution in [0.3, 0.4) is 0 Å². The molecule has 5 nitrogen and oxygen atoms in total. The second-order valence-electron chi connectivity index (χ2n) is 5.73. The first kappa shape index (κ1) is 15.9. The SMILES string of the molecule is Cc1cc(C)c(NC(=O)CN2CCOC(CO)C2)c(C)c1. The molecule has 1 atom stereocenters. The molecule has 116 valence electrons. The summed E-state index contributed by atoms with van der Waals surface area (Å²) in [7, 11) is 0. The molecular formula is C16H24N2O3. The second-order valence-corrected chi connectivity index (χ2v) is 5.73. The monoisotopic (exact) mass is 292 g/mol. The quantitative estimate of drug-likeness (QED) is 0.876. The van der Waals surface area contributed by atoms with Gasteiger partial charge in [-0.05, 0) is 31.9 Å². The van der Waals surface area contributed by atoms with Crippen LogP contribution in [-0.4, -0.2) is 54.9 Å². The number of carbonyl (C=O) groups excluding carboxylic acids is 1. The summed E-state index contributed by atoms with van der Waals surface area (Å²) in [6, 6.07) is 4.14. The fraction of sp³-hybridized carbons (Fsp3) is 0.562. The Morgan fingerprint density at radius 1 is 1.38 bits per heavy atom. The molecule has 0 radical (unpaired) electrons. The van der Waals surface area contributed by atoms with E-state index in [1.165, 1.54) is 5.56 Å². The van der Waals surface area contributed by atoms with E-state index in [0.29, 0.717) is 19.7 Å². The minimum Gasteiger partial charge on any atom is -0.394 e. The maximum Gasteiger partial charge on any atom is 0.238 e. The lowest BCUT2D eigenvalue weighted by molar-refractivity contribution is -0.120. The van der Waals surface area contributed by atoms with Crippen LogP contribution >= 0.6 is 0 Å². The maximum atomic E-state index is 12.2. The molecule has 0 aromatic heterocycles. The number of aryl methyl sites for hydroxylation is 3. The Kier molecular flexibility index (Phi) is 5.33. The van der Waals surface area contributed by atoms with Crippen molar-refractivity contribution in [2.45, 2.75) is 26.9 Å². The zero-order chi connectivity index (χ0) is 15.4. The molecule has 0 saturated carbocycles. The summed E-state index contributed by atoms with van der Waals surface area (Å²) in [5, 5.41) is 12.1. The Hall–Kier alpha value is -1.43. The van der Waals surface area contributed by atoms with E-state index < -0.39 is 0 Å². The molecule has 0 aliphatic carbocycles. The molecule has 1 aliphatic heterocycles. The number of anilines is 1. The molecule has 0 spiro atoms. The van der Waals surface area contributed by atoms with Gasteiger partial charge in [0.2, 0.25) is 5.91 Å². The first-order valence-corrected chi connectivity index (χ1v) is 7.32. The average molecular weight is 292 g/mol. The number of hydrogen-bond acceptors (Lipinski definition) is 4. The minimum atomic E-state index is -0.186. The van der Waals surface area contributed by atoms with Crippen molar-refractivity contribution in [3.05, 3.63) is 28.8 Å². The standard InChI is InChI=1S/C16H24N2O3/c1-11-6-12(2)16(13(3)7-11)17-15(20)9-18-4-5-21-14(8-18)10-19/h6-7,14,19H,4-5,8-10H2,1-3H3,(H,17,20). The lowest BCUT2D eigenvalue weighted by Gasteiger charge is -2.31. The normalized spacial score (nSPS) is 19.5. The molecule has 21 heavy (non-hydrogen) atoms. The third-order valence-electron chi connectivity index (χ3n) is 3.74. The van der Waals surface area contributed by atoms with Crippen LogP contribution in [0.2, 0.25) is 0 Å². The van der Waals surface area contributed by atoms with Gasteiger partial charge in [0.25, 0.3) is 0 Å². The summed E-state index contributed by atoms with van der Waals surface area (Å²) >= 11 is 0. The lowest BCUT2D eigenvalue weighted by atomic mass is 10.1. The van der Waals surface area contributed by atoms with Crippen LogP contribution in [0.25, 0.3) is 0 Å². The van der Waals surface area contributed by atoms with Crippen molar-refractivity contribution in [1.29, 1.82) is 0 Å². The molecule has 1 heterocycles. The summed E-state index contributed by atoms with van der Waals surface area (Å²) in [5.41, 5.74) is 4.26. The summed E-state index contributed by atoms with van der Waals surface area (Å²) in [5.74, 6) is -0.0244. The zero-order valence-electron chi connectivity index (χ0n) is 13.0. The lowest BCUT2D eigenvalue weighted by Crippen LogP contribution is -2.46. The number of aliphatic hydroxyl groups is 1. The molecule has 1 saturated heterocycles. The van der Waals surface area contributed by atoms with Gasteiger partial charge < -0.3 is 15.2 Å². The van der Waals surface area contributed by atoms with Crippen molar-refractivity contribution < 1.29 is 14.6 Å². The fourth-order valence-electron chi connectivity index (χ4n) is 2.79. The van der Waals surface area contributed by atoms with Crippen molar-refractivity contribution >= 4 is 11.6 Å². The van der Waals surface area contributed by atoms with Crippen LogP contribution in [0.4, 0.5) is 5.69 Å². The number of nitrogens with zero attached hydrogens (tertiary/aromatic N) is 1.